The highest BCUT2D eigenvalue weighted by molar-refractivity contribution is 5.66. The number of unbranched alkanes of at least 4 members (excludes halogenated alkanes) is 8. The lowest BCUT2D eigenvalue weighted by Crippen LogP contribution is -2.16. The molecule has 6 heteroatoms. The van der Waals surface area contributed by atoms with Gasteiger partial charge in [-0.25, -0.2) is 10.1 Å². The van der Waals surface area contributed by atoms with Crippen LogP contribution >= 0.6 is 0 Å². The van der Waals surface area contributed by atoms with Crippen molar-refractivity contribution >= 4 is 5.97 Å². The largest absolute Gasteiger partial charge is 0.481 e. The molecule has 3 N–H and O–H groups in total. The van der Waals surface area contributed by atoms with Crippen LogP contribution in [0.3, 0.4) is 0 Å². The molecular weight excluding hydrogens is 274 g/mol. The van der Waals surface area contributed by atoms with E-state index in [0.29, 0.717) is 6.61 Å². The monoisotopic (exact) mass is 305 g/mol. The standard InChI is InChI=1S/C15H31NO5/c17-15(18)11-7-9-13-16-12-8-5-3-1-2-4-6-10-14-20-21-19/h16,19H,1-14H2,(H,17,18). The lowest BCUT2D eigenvalue weighted by atomic mass is 10.1. The molecule has 0 saturated carbocycles. The molecular formula is C15H31NO5. The highest BCUT2D eigenvalue weighted by Crippen LogP contribution is 2.08. The number of aliphatic carboxylic acids is 1. The molecule has 126 valence electrons. The Hall–Kier alpha value is -0.690. The second-order valence-corrected chi connectivity index (χ2v) is 5.33. The van der Waals surface area contributed by atoms with E-state index >= 15 is 0 Å². The number of hydrogen-bond acceptors (Lipinski definition) is 5. The number of rotatable bonds is 17. The molecule has 0 atom stereocenters. The summed E-state index contributed by atoms with van der Waals surface area (Å²) in [6.45, 7) is 2.41. The maximum atomic E-state index is 10.3. The fourth-order valence-electron chi connectivity index (χ4n) is 2.16. The second-order valence-electron chi connectivity index (χ2n) is 5.33. The summed E-state index contributed by atoms with van der Waals surface area (Å²) in [4.78, 5) is 14.7. The van der Waals surface area contributed by atoms with Crippen LogP contribution in [0.5, 0.6) is 0 Å². The second kappa shape index (κ2) is 17.4. The smallest absolute Gasteiger partial charge is 0.303 e. The molecule has 0 bridgehead atoms. The Morgan fingerprint density at radius 2 is 1.33 bits per heavy atom. The average molecular weight is 305 g/mol. The van der Waals surface area contributed by atoms with Gasteiger partial charge < -0.3 is 10.4 Å². The SMILES string of the molecule is O=C(O)CCCCNCCCCCCCCCCOOO. The number of carboxylic acids is 1. The van der Waals surface area contributed by atoms with Gasteiger partial charge in [0.1, 0.15) is 0 Å². The predicted octanol–water partition coefficient (Wildman–Crippen LogP) is 3.37. The Balaban J connectivity index is 2.95. The Labute approximate surface area is 127 Å². The van der Waals surface area contributed by atoms with Crippen LogP contribution in [0.25, 0.3) is 0 Å². The zero-order valence-corrected chi connectivity index (χ0v) is 13.0. The summed E-state index contributed by atoms with van der Waals surface area (Å²) in [6, 6.07) is 0. The Kier molecular flexibility index (Phi) is 16.8. The third-order valence-corrected chi connectivity index (χ3v) is 3.38. The quantitative estimate of drug-likeness (QED) is 0.217. The number of carbonyl (C=O) groups is 1. The first-order valence-electron chi connectivity index (χ1n) is 8.13. The minimum Gasteiger partial charge on any atom is -0.481 e. The first-order valence-corrected chi connectivity index (χ1v) is 8.13. The average Bonchev–Trinajstić information content (AvgIpc) is 2.46. The zero-order valence-electron chi connectivity index (χ0n) is 13.0. The van der Waals surface area contributed by atoms with E-state index < -0.39 is 5.97 Å². The van der Waals surface area contributed by atoms with Crippen molar-refractivity contribution < 1.29 is 25.1 Å². The van der Waals surface area contributed by atoms with E-state index in [9.17, 15) is 4.79 Å². The fourth-order valence-corrected chi connectivity index (χ4v) is 2.16. The van der Waals surface area contributed by atoms with Crippen LogP contribution in [-0.4, -0.2) is 36.0 Å². The maximum absolute atomic E-state index is 10.3. The Morgan fingerprint density at radius 3 is 1.90 bits per heavy atom. The van der Waals surface area contributed by atoms with Crippen LogP contribution in [0, 0.1) is 0 Å². The third-order valence-electron chi connectivity index (χ3n) is 3.38. The van der Waals surface area contributed by atoms with Gasteiger partial charge in [-0.05, 0) is 38.8 Å². The van der Waals surface area contributed by atoms with Crippen molar-refractivity contribution in [2.45, 2.75) is 70.6 Å². The molecule has 0 aromatic rings. The van der Waals surface area contributed by atoms with Gasteiger partial charge in [0.25, 0.3) is 0 Å². The van der Waals surface area contributed by atoms with E-state index in [4.69, 9.17) is 10.4 Å². The first kappa shape index (κ1) is 20.3. The van der Waals surface area contributed by atoms with Crippen molar-refractivity contribution in [3.05, 3.63) is 0 Å². The summed E-state index contributed by atoms with van der Waals surface area (Å²) >= 11 is 0. The van der Waals surface area contributed by atoms with Crippen LogP contribution < -0.4 is 5.32 Å². The molecule has 0 aliphatic carbocycles. The lowest BCUT2D eigenvalue weighted by Gasteiger charge is -2.04. The van der Waals surface area contributed by atoms with Crippen LogP contribution in [-0.2, 0) is 14.7 Å². The van der Waals surface area contributed by atoms with Crippen LogP contribution in [0.4, 0.5) is 0 Å². The molecule has 0 heterocycles. The van der Waals surface area contributed by atoms with Gasteiger partial charge in [0.05, 0.1) is 6.61 Å². The van der Waals surface area contributed by atoms with Crippen LogP contribution in [0.2, 0.25) is 0 Å². The molecule has 0 aromatic carbocycles. The zero-order chi connectivity index (χ0) is 15.6. The molecule has 0 aromatic heterocycles. The van der Waals surface area contributed by atoms with Crippen molar-refractivity contribution in [3.8, 4) is 0 Å². The minimum atomic E-state index is -0.704. The highest BCUT2D eigenvalue weighted by atomic mass is 17.5. The molecule has 0 unspecified atom stereocenters. The van der Waals surface area contributed by atoms with E-state index in [-0.39, 0.29) is 6.42 Å². The molecule has 0 saturated heterocycles. The molecule has 21 heavy (non-hydrogen) atoms. The lowest BCUT2D eigenvalue weighted by molar-refractivity contribution is -0.490. The van der Waals surface area contributed by atoms with Gasteiger partial charge in [-0.1, -0.05) is 43.6 Å². The fraction of sp³-hybridized carbons (Fsp3) is 0.933. The van der Waals surface area contributed by atoms with E-state index in [1.54, 1.807) is 0 Å². The predicted molar refractivity (Wildman–Crippen MR) is 81.0 cm³/mol. The molecule has 0 aliphatic heterocycles. The van der Waals surface area contributed by atoms with Gasteiger partial charge in [0.15, 0.2) is 0 Å². The van der Waals surface area contributed by atoms with Crippen molar-refractivity contribution in [3.63, 3.8) is 0 Å². The topological polar surface area (TPSA) is 88.0 Å². The number of carboxylic acid groups (broad SMARTS) is 1. The van der Waals surface area contributed by atoms with Crippen LogP contribution in [0.15, 0.2) is 0 Å². The number of nitrogens with one attached hydrogen (secondary N) is 1. The van der Waals surface area contributed by atoms with E-state index in [2.05, 4.69) is 15.2 Å². The number of hydrogen-bond donors (Lipinski definition) is 3. The first-order chi connectivity index (χ1) is 10.3. The minimum absolute atomic E-state index is 0.279. The van der Waals surface area contributed by atoms with E-state index in [1.807, 2.05) is 0 Å². The van der Waals surface area contributed by atoms with Crippen molar-refractivity contribution in [2.24, 2.45) is 0 Å². The van der Waals surface area contributed by atoms with Gasteiger partial charge in [-0.3, -0.25) is 4.79 Å². The van der Waals surface area contributed by atoms with Crippen molar-refractivity contribution in [1.82, 2.24) is 5.32 Å². The van der Waals surface area contributed by atoms with Crippen LogP contribution in [0.1, 0.15) is 70.6 Å². The van der Waals surface area contributed by atoms with Crippen molar-refractivity contribution in [1.29, 1.82) is 0 Å². The molecule has 0 spiro atoms. The highest BCUT2D eigenvalue weighted by Gasteiger charge is 1.96. The summed E-state index contributed by atoms with van der Waals surface area (Å²) in [7, 11) is 0. The van der Waals surface area contributed by atoms with E-state index in [0.717, 1.165) is 38.8 Å². The van der Waals surface area contributed by atoms with Gasteiger partial charge in [-0.2, -0.15) is 0 Å². The van der Waals surface area contributed by atoms with Gasteiger partial charge in [-0.15, -0.1) is 0 Å². The molecule has 0 amide bonds. The third kappa shape index (κ3) is 19.3. The molecule has 6 nitrogen and oxygen atoms in total. The summed E-state index contributed by atoms with van der Waals surface area (Å²) in [5, 5.41) is 23.3. The summed E-state index contributed by atoms with van der Waals surface area (Å²) in [6.07, 6.45) is 11.5. The summed E-state index contributed by atoms with van der Waals surface area (Å²) in [5.74, 6) is -0.704. The van der Waals surface area contributed by atoms with Gasteiger partial charge >= 0.3 is 5.97 Å². The Bertz CT molecular complexity index is 226. The molecule has 0 radical (unpaired) electrons. The summed E-state index contributed by atoms with van der Waals surface area (Å²) < 4.78 is 0. The van der Waals surface area contributed by atoms with E-state index in [1.165, 1.54) is 38.5 Å². The Morgan fingerprint density at radius 1 is 0.810 bits per heavy atom. The molecule has 0 fully saturated rings. The van der Waals surface area contributed by atoms with Gasteiger partial charge in [0.2, 0.25) is 0 Å². The summed E-state index contributed by atoms with van der Waals surface area (Å²) in [5.41, 5.74) is 0. The molecule has 0 rings (SSSR count). The molecule has 0 aliphatic rings. The van der Waals surface area contributed by atoms with Gasteiger partial charge in [0, 0.05) is 6.42 Å². The normalized spacial score (nSPS) is 10.9. The van der Waals surface area contributed by atoms with Crippen molar-refractivity contribution in [2.75, 3.05) is 19.7 Å². The maximum Gasteiger partial charge on any atom is 0.303 e.